The van der Waals surface area contributed by atoms with E-state index in [0.717, 1.165) is 11.1 Å². The summed E-state index contributed by atoms with van der Waals surface area (Å²) in [6.07, 6.45) is 0.288. The van der Waals surface area contributed by atoms with Crippen LogP contribution in [0.2, 0.25) is 0 Å². The minimum absolute atomic E-state index is 0.0581. The van der Waals surface area contributed by atoms with Crippen LogP contribution in [0.4, 0.5) is 15.8 Å². The van der Waals surface area contributed by atoms with E-state index in [0.29, 0.717) is 22.7 Å². The van der Waals surface area contributed by atoms with Crippen LogP contribution in [0.25, 0.3) is 0 Å². The van der Waals surface area contributed by atoms with Gasteiger partial charge in [-0.2, -0.15) is 0 Å². The van der Waals surface area contributed by atoms with Gasteiger partial charge in [0.2, 0.25) is 11.8 Å². The summed E-state index contributed by atoms with van der Waals surface area (Å²) in [5.41, 5.74) is 3.52. The highest BCUT2D eigenvalue weighted by Crippen LogP contribution is 2.43. The molecule has 152 valence electrons. The quantitative estimate of drug-likeness (QED) is 0.625. The molecule has 3 aromatic carbocycles. The van der Waals surface area contributed by atoms with Crippen LogP contribution >= 0.6 is 11.8 Å². The van der Waals surface area contributed by atoms with Gasteiger partial charge in [0.05, 0.1) is 17.9 Å². The lowest BCUT2D eigenvalue weighted by Gasteiger charge is -2.26. The van der Waals surface area contributed by atoms with E-state index in [4.69, 9.17) is 0 Å². The maximum atomic E-state index is 14.1. The molecule has 1 saturated heterocycles. The molecule has 2 amide bonds. The van der Waals surface area contributed by atoms with Gasteiger partial charge < -0.3 is 5.32 Å². The Morgan fingerprint density at radius 2 is 1.87 bits per heavy atom. The van der Waals surface area contributed by atoms with Gasteiger partial charge in [-0.25, -0.2) is 4.39 Å². The number of hydrogen-bond donors (Lipinski definition) is 1. The zero-order valence-corrected chi connectivity index (χ0v) is 17.3. The highest BCUT2D eigenvalue weighted by Gasteiger charge is 2.35. The third kappa shape index (κ3) is 4.24. The van der Waals surface area contributed by atoms with E-state index in [-0.39, 0.29) is 29.4 Å². The summed E-state index contributed by atoms with van der Waals surface area (Å²) in [7, 11) is 0. The minimum Gasteiger partial charge on any atom is -0.326 e. The van der Waals surface area contributed by atoms with Gasteiger partial charge in [0, 0.05) is 11.3 Å². The molecule has 1 aliphatic heterocycles. The van der Waals surface area contributed by atoms with Gasteiger partial charge in [-0.1, -0.05) is 48.5 Å². The number of carbonyl (C=O) groups excluding carboxylic acids is 2. The van der Waals surface area contributed by atoms with Crippen LogP contribution in [-0.4, -0.2) is 17.6 Å². The molecule has 1 heterocycles. The molecular weight excluding hydrogens is 399 g/mol. The fraction of sp³-hybridized carbons (Fsp3) is 0.167. The first-order chi connectivity index (χ1) is 14.5. The van der Waals surface area contributed by atoms with Crippen LogP contribution in [0.5, 0.6) is 0 Å². The van der Waals surface area contributed by atoms with Gasteiger partial charge >= 0.3 is 0 Å². The third-order valence-corrected chi connectivity index (χ3v) is 6.24. The number of rotatable bonds is 5. The smallest absolute Gasteiger partial charge is 0.238 e. The molecule has 3 aromatic rings. The van der Waals surface area contributed by atoms with Gasteiger partial charge in [0.15, 0.2) is 0 Å². The largest absolute Gasteiger partial charge is 0.326 e. The van der Waals surface area contributed by atoms with Gasteiger partial charge in [0.1, 0.15) is 11.2 Å². The summed E-state index contributed by atoms with van der Waals surface area (Å²) >= 11 is 1.49. The molecule has 1 fully saturated rings. The van der Waals surface area contributed by atoms with Crippen LogP contribution < -0.4 is 10.2 Å². The number of halogens is 1. The van der Waals surface area contributed by atoms with Gasteiger partial charge in [-0.15, -0.1) is 11.8 Å². The minimum atomic E-state index is -0.335. The Hall–Kier alpha value is -3.12. The lowest BCUT2D eigenvalue weighted by molar-refractivity contribution is -0.116. The van der Waals surface area contributed by atoms with Crippen LogP contribution in [0.1, 0.15) is 22.1 Å². The number of benzene rings is 3. The second-order valence-corrected chi connectivity index (χ2v) is 8.22. The Morgan fingerprint density at radius 1 is 1.10 bits per heavy atom. The molecule has 0 saturated carbocycles. The predicted octanol–water partition coefficient (Wildman–Crippen LogP) is 5.09. The van der Waals surface area contributed by atoms with Gasteiger partial charge in [-0.05, 0) is 42.3 Å². The molecule has 6 heteroatoms. The van der Waals surface area contributed by atoms with Gasteiger partial charge in [-0.3, -0.25) is 14.5 Å². The van der Waals surface area contributed by atoms with Crippen molar-refractivity contribution in [3.63, 3.8) is 0 Å². The first-order valence-electron chi connectivity index (χ1n) is 9.65. The van der Waals surface area contributed by atoms with Crippen molar-refractivity contribution in [1.82, 2.24) is 0 Å². The standard InChI is InChI=1S/C24H21FN2O2S/c1-16-20(25)11-6-12-21(16)27-23(29)15-30-24(27)18-9-5-10-19(14-18)26-22(28)13-17-7-3-2-4-8-17/h2-12,14,24H,13,15H2,1H3,(H,26,28)/t24-/m0/s1. The van der Waals surface area contributed by atoms with Crippen LogP contribution in [-0.2, 0) is 16.0 Å². The monoisotopic (exact) mass is 420 g/mol. The summed E-state index contributed by atoms with van der Waals surface area (Å²) in [6.45, 7) is 1.68. The fourth-order valence-electron chi connectivity index (χ4n) is 3.54. The third-order valence-electron chi connectivity index (χ3n) is 5.03. The topological polar surface area (TPSA) is 49.4 Å². The van der Waals surface area contributed by atoms with Crippen LogP contribution in [0.15, 0.2) is 72.8 Å². The van der Waals surface area contributed by atoms with E-state index in [2.05, 4.69) is 5.32 Å². The van der Waals surface area contributed by atoms with Crippen LogP contribution in [0, 0.1) is 12.7 Å². The predicted molar refractivity (Wildman–Crippen MR) is 119 cm³/mol. The maximum Gasteiger partial charge on any atom is 0.238 e. The van der Waals surface area contributed by atoms with E-state index >= 15 is 0 Å². The summed E-state index contributed by atoms with van der Waals surface area (Å²) in [5.74, 6) is -0.174. The normalized spacial score (nSPS) is 16.0. The molecule has 30 heavy (non-hydrogen) atoms. The number of amides is 2. The number of thioether (sulfide) groups is 1. The SMILES string of the molecule is Cc1c(F)cccc1N1C(=O)CS[C@H]1c1cccc(NC(=O)Cc2ccccc2)c1. The molecule has 1 atom stereocenters. The molecule has 0 aromatic heterocycles. The van der Waals surface area contributed by atoms with Crippen molar-refractivity contribution >= 4 is 35.0 Å². The molecule has 0 spiro atoms. The molecule has 0 radical (unpaired) electrons. The van der Waals surface area contributed by atoms with E-state index in [1.807, 2.05) is 54.6 Å². The second-order valence-electron chi connectivity index (χ2n) is 7.15. The van der Waals surface area contributed by atoms with Crippen molar-refractivity contribution in [2.24, 2.45) is 0 Å². The number of carbonyl (C=O) groups is 2. The van der Waals surface area contributed by atoms with Crippen molar-refractivity contribution < 1.29 is 14.0 Å². The zero-order valence-electron chi connectivity index (χ0n) is 16.5. The highest BCUT2D eigenvalue weighted by molar-refractivity contribution is 8.00. The first kappa shape index (κ1) is 20.2. The van der Waals surface area contributed by atoms with E-state index in [9.17, 15) is 14.0 Å². The lowest BCUT2D eigenvalue weighted by Crippen LogP contribution is -2.28. The Labute approximate surface area is 179 Å². The summed E-state index contributed by atoms with van der Waals surface area (Å²) in [4.78, 5) is 26.7. The summed E-state index contributed by atoms with van der Waals surface area (Å²) in [5, 5.41) is 2.65. The summed E-state index contributed by atoms with van der Waals surface area (Å²) < 4.78 is 14.1. The molecule has 0 aliphatic carbocycles. The molecular formula is C24H21FN2O2S. The van der Waals surface area contributed by atoms with Crippen molar-refractivity contribution in [1.29, 1.82) is 0 Å². The number of hydrogen-bond acceptors (Lipinski definition) is 3. The molecule has 4 rings (SSSR count). The Bertz CT molecular complexity index is 1090. The molecule has 1 N–H and O–H groups in total. The Balaban J connectivity index is 1.56. The first-order valence-corrected chi connectivity index (χ1v) is 10.7. The molecule has 0 bridgehead atoms. The zero-order chi connectivity index (χ0) is 21.1. The van der Waals surface area contributed by atoms with Crippen LogP contribution in [0.3, 0.4) is 0 Å². The number of nitrogens with one attached hydrogen (secondary N) is 1. The van der Waals surface area contributed by atoms with Crippen molar-refractivity contribution in [2.45, 2.75) is 18.7 Å². The fourth-order valence-corrected chi connectivity index (χ4v) is 4.70. The van der Waals surface area contributed by atoms with Crippen molar-refractivity contribution in [2.75, 3.05) is 16.0 Å². The Morgan fingerprint density at radius 3 is 2.67 bits per heavy atom. The highest BCUT2D eigenvalue weighted by atomic mass is 32.2. The van der Waals surface area contributed by atoms with Gasteiger partial charge in [0.25, 0.3) is 0 Å². The number of nitrogens with zero attached hydrogens (tertiary/aromatic N) is 1. The second kappa shape index (κ2) is 8.71. The van der Waals surface area contributed by atoms with Crippen molar-refractivity contribution in [3.05, 3.63) is 95.3 Å². The van der Waals surface area contributed by atoms with Crippen molar-refractivity contribution in [3.8, 4) is 0 Å². The van der Waals surface area contributed by atoms with E-state index in [1.54, 1.807) is 24.0 Å². The maximum absolute atomic E-state index is 14.1. The molecule has 1 aliphatic rings. The number of anilines is 2. The average molecular weight is 421 g/mol. The average Bonchev–Trinajstić information content (AvgIpc) is 3.12. The lowest BCUT2D eigenvalue weighted by atomic mass is 10.1. The Kier molecular flexibility index (Phi) is 5.86. The van der Waals surface area contributed by atoms with E-state index in [1.165, 1.54) is 17.8 Å². The molecule has 4 nitrogen and oxygen atoms in total. The molecule has 0 unspecified atom stereocenters. The summed E-state index contributed by atoms with van der Waals surface area (Å²) in [6, 6.07) is 21.8. The van der Waals surface area contributed by atoms with E-state index < -0.39 is 0 Å².